The highest BCUT2D eigenvalue weighted by atomic mass is 19.4. The summed E-state index contributed by atoms with van der Waals surface area (Å²) in [5, 5.41) is 2.34. The minimum atomic E-state index is -7.52. The van der Waals surface area contributed by atoms with Crippen molar-refractivity contribution >= 4 is 11.8 Å². The lowest BCUT2D eigenvalue weighted by atomic mass is 9.92. The summed E-state index contributed by atoms with van der Waals surface area (Å²) >= 11 is 0. The molecule has 2 amide bonds. The van der Waals surface area contributed by atoms with Gasteiger partial charge in [0.1, 0.15) is 0 Å². The lowest BCUT2D eigenvalue weighted by molar-refractivity contribution is -0.388. The van der Waals surface area contributed by atoms with Gasteiger partial charge in [-0.3, -0.25) is 9.59 Å². The molecule has 0 fully saturated rings. The zero-order chi connectivity index (χ0) is 24.1. The molecule has 0 aromatic heterocycles. The lowest BCUT2D eigenvalue weighted by Gasteiger charge is -2.39. The van der Waals surface area contributed by atoms with E-state index in [-0.39, 0.29) is 0 Å². The van der Waals surface area contributed by atoms with Gasteiger partial charge < -0.3 is 10.6 Å². The molecule has 4 nitrogen and oxygen atoms in total. The normalized spacial score (nSPS) is 15.2. The van der Waals surface area contributed by atoms with Gasteiger partial charge in [0, 0.05) is 11.1 Å². The van der Waals surface area contributed by atoms with Crippen molar-refractivity contribution in [2.24, 2.45) is 0 Å². The largest absolute Gasteiger partial charge is 0.392 e. The van der Waals surface area contributed by atoms with Crippen LogP contribution >= 0.6 is 0 Å². The molecule has 29 heavy (non-hydrogen) atoms. The van der Waals surface area contributed by atoms with Gasteiger partial charge in [-0.15, -0.1) is 0 Å². The van der Waals surface area contributed by atoms with Gasteiger partial charge in [-0.2, -0.15) is 43.9 Å². The third-order valence-corrected chi connectivity index (χ3v) is 3.12. The van der Waals surface area contributed by atoms with Crippen LogP contribution in [-0.4, -0.2) is 52.5 Å². The number of amides is 2. The number of hydrogen-bond acceptors (Lipinski definition) is 2. The summed E-state index contributed by atoms with van der Waals surface area (Å²) < 4.78 is 137. The summed E-state index contributed by atoms with van der Waals surface area (Å²) in [7, 11) is 0. The molecule has 0 heterocycles. The molecule has 0 aliphatic rings. The summed E-state index contributed by atoms with van der Waals surface area (Å²) in [6.07, 6.45) is 0. The Kier molecular flexibility index (Phi) is 6.75. The Hall–Kier alpha value is -1.76. The molecule has 0 atom stereocenters. The summed E-state index contributed by atoms with van der Waals surface area (Å²) in [5.74, 6) is -41.4. The fraction of sp³-hybridized carbons (Fsp3) is 0.867. The average Bonchev–Trinajstić information content (AvgIpc) is 2.42. The maximum atomic E-state index is 13.7. The summed E-state index contributed by atoms with van der Waals surface area (Å²) in [6, 6.07) is 0. The zero-order valence-electron chi connectivity index (χ0n) is 16.1. The molecule has 0 aromatic carbocycles. The van der Waals surface area contributed by atoms with Crippen LogP contribution in [0.15, 0.2) is 0 Å². The average molecular weight is 450 g/mol. The first-order valence-electron chi connectivity index (χ1n) is 7.80. The maximum Gasteiger partial charge on any atom is 0.392 e. The molecule has 0 aromatic rings. The lowest BCUT2D eigenvalue weighted by Crippen LogP contribution is -2.72. The fourth-order valence-electron chi connectivity index (χ4n) is 1.71. The Balaban J connectivity index is 6.28. The standard InChI is InChI=1S/C15H20F10N2O2/c1-9(2,3)26-7(28)11(16,17)13(20,21)15(24,25)14(22,23)12(18,19)8(29)27-10(4,5)6/h1-6H3,(H,26,28)(H,27,29). The Morgan fingerprint density at radius 2 is 0.690 bits per heavy atom. The van der Waals surface area contributed by atoms with Crippen LogP contribution in [-0.2, 0) is 9.59 Å². The minimum absolute atomic E-state index is 0.969. The third-order valence-electron chi connectivity index (χ3n) is 3.12. The van der Waals surface area contributed by atoms with E-state index in [0.29, 0.717) is 0 Å². The van der Waals surface area contributed by atoms with Crippen LogP contribution in [0.25, 0.3) is 0 Å². The van der Waals surface area contributed by atoms with Gasteiger partial charge in [0.2, 0.25) is 0 Å². The van der Waals surface area contributed by atoms with E-state index in [1.54, 1.807) is 0 Å². The Morgan fingerprint density at radius 3 is 0.862 bits per heavy atom. The van der Waals surface area contributed by atoms with E-state index in [9.17, 15) is 53.5 Å². The van der Waals surface area contributed by atoms with Gasteiger partial charge in [-0.25, -0.2) is 0 Å². The highest BCUT2D eigenvalue weighted by molar-refractivity contribution is 5.87. The molecule has 14 heteroatoms. The van der Waals surface area contributed by atoms with E-state index in [1.165, 1.54) is 10.6 Å². The van der Waals surface area contributed by atoms with Gasteiger partial charge in [0.15, 0.2) is 0 Å². The quantitative estimate of drug-likeness (QED) is 0.602. The molecule has 0 saturated carbocycles. The van der Waals surface area contributed by atoms with Crippen molar-refractivity contribution < 1.29 is 53.5 Å². The number of alkyl halides is 10. The van der Waals surface area contributed by atoms with Gasteiger partial charge in [0.25, 0.3) is 11.8 Å². The van der Waals surface area contributed by atoms with E-state index in [2.05, 4.69) is 0 Å². The van der Waals surface area contributed by atoms with Crippen LogP contribution < -0.4 is 10.6 Å². The Bertz CT molecular complexity index is 594. The third kappa shape index (κ3) is 4.87. The first-order valence-corrected chi connectivity index (χ1v) is 7.80. The van der Waals surface area contributed by atoms with Crippen LogP contribution in [0.2, 0.25) is 0 Å². The van der Waals surface area contributed by atoms with Crippen molar-refractivity contribution in [1.29, 1.82) is 0 Å². The second-order valence-electron chi connectivity index (χ2n) is 8.28. The number of hydrogen-bond donors (Lipinski definition) is 2. The first-order chi connectivity index (χ1) is 12.3. The van der Waals surface area contributed by atoms with E-state index in [0.717, 1.165) is 41.5 Å². The van der Waals surface area contributed by atoms with Gasteiger partial charge in [-0.05, 0) is 41.5 Å². The highest BCUT2D eigenvalue weighted by Crippen LogP contribution is 2.57. The number of halogens is 10. The smallest absolute Gasteiger partial charge is 0.346 e. The van der Waals surface area contributed by atoms with Gasteiger partial charge in [-0.1, -0.05) is 0 Å². The minimum Gasteiger partial charge on any atom is -0.346 e. The van der Waals surface area contributed by atoms with Crippen molar-refractivity contribution in [3.8, 4) is 0 Å². The van der Waals surface area contributed by atoms with E-state index in [4.69, 9.17) is 0 Å². The molecule has 2 N–H and O–H groups in total. The number of rotatable bonds is 6. The second-order valence-corrected chi connectivity index (χ2v) is 8.28. The van der Waals surface area contributed by atoms with Crippen LogP contribution in [0.1, 0.15) is 41.5 Å². The predicted octanol–water partition coefficient (Wildman–Crippen LogP) is 3.99. The second kappa shape index (κ2) is 7.18. The van der Waals surface area contributed by atoms with Crippen molar-refractivity contribution in [1.82, 2.24) is 10.6 Å². The molecule has 0 rings (SSSR count). The van der Waals surface area contributed by atoms with Crippen molar-refractivity contribution in [2.45, 2.75) is 82.2 Å². The first kappa shape index (κ1) is 27.2. The molecular weight excluding hydrogens is 430 g/mol. The number of carbonyl (C=O) groups excluding carboxylic acids is 2. The van der Waals surface area contributed by atoms with E-state index < -0.39 is 52.5 Å². The summed E-state index contributed by atoms with van der Waals surface area (Å²) in [5.41, 5.74) is -3.38. The number of carbonyl (C=O) groups is 2. The number of nitrogens with one attached hydrogen (secondary N) is 2. The van der Waals surface area contributed by atoms with Crippen LogP contribution in [0.4, 0.5) is 43.9 Å². The van der Waals surface area contributed by atoms with E-state index in [1.807, 2.05) is 0 Å². The molecule has 0 radical (unpaired) electrons. The molecule has 0 unspecified atom stereocenters. The molecule has 0 spiro atoms. The molecule has 172 valence electrons. The monoisotopic (exact) mass is 450 g/mol. The van der Waals surface area contributed by atoms with Crippen molar-refractivity contribution in [3.63, 3.8) is 0 Å². The molecule has 0 aliphatic heterocycles. The highest BCUT2D eigenvalue weighted by Gasteiger charge is 2.89. The topological polar surface area (TPSA) is 58.2 Å². The predicted molar refractivity (Wildman–Crippen MR) is 80.5 cm³/mol. The Morgan fingerprint density at radius 1 is 0.483 bits per heavy atom. The molecule has 0 bridgehead atoms. The summed E-state index contributed by atoms with van der Waals surface area (Å²) in [4.78, 5) is 22.6. The zero-order valence-corrected chi connectivity index (χ0v) is 16.1. The SMILES string of the molecule is CC(C)(C)NC(=O)C(F)(F)C(F)(F)C(F)(F)C(F)(F)C(F)(F)C(=O)NC(C)(C)C. The summed E-state index contributed by atoms with van der Waals surface area (Å²) in [6.45, 7) is 5.81. The fourth-order valence-corrected chi connectivity index (χ4v) is 1.71. The Labute approximate surface area is 159 Å². The van der Waals surface area contributed by atoms with Crippen molar-refractivity contribution in [3.05, 3.63) is 0 Å². The van der Waals surface area contributed by atoms with Gasteiger partial charge in [0.05, 0.1) is 0 Å². The van der Waals surface area contributed by atoms with Crippen LogP contribution in [0.5, 0.6) is 0 Å². The van der Waals surface area contributed by atoms with E-state index >= 15 is 0 Å². The van der Waals surface area contributed by atoms with Crippen LogP contribution in [0, 0.1) is 0 Å². The maximum absolute atomic E-state index is 13.7. The van der Waals surface area contributed by atoms with Crippen molar-refractivity contribution in [2.75, 3.05) is 0 Å². The van der Waals surface area contributed by atoms with Gasteiger partial charge >= 0.3 is 29.6 Å². The molecule has 0 saturated heterocycles. The molecule has 0 aliphatic carbocycles. The molecular formula is C15H20F10N2O2. The van der Waals surface area contributed by atoms with Crippen LogP contribution in [0.3, 0.4) is 0 Å².